The Hall–Kier alpha value is -6.00. The molecule has 6 N–H and O–H groups in total. The molecule has 5 atom stereocenters. The van der Waals surface area contributed by atoms with Gasteiger partial charge in [0.1, 0.15) is 41.3 Å². The van der Waals surface area contributed by atoms with Gasteiger partial charge in [0, 0.05) is 40.8 Å². The Morgan fingerprint density at radius 2 is 1.76 bits per heavy atom. The number of methoxy groups -OCH3 is 1. The molecule has 328 valence electrons. The molecule has 9 rings (SSSR count). The molecule has 1 saturated heterocycles. The first-order chi connectivity index (χ1) is 30.6. The van der Waals surface area contributed by atoms with E-state index in [2.05, 4.69) is 4.98 Å². The van der Waals surface area contributed by atoms with E-state index < -0.39 is 42.6 Å². The standard InChI is InChI=1S/C49H50N2O12/c1-59-34-18-31-19-37(29-10-2-3-11-29)43(39(54)23-51-22-30-12-4-5-15-36(30)47(51)57)45(56)42(31)40(20-34)62-48-49(58,27-52)46(61-24-28-9-8-13-33(53)17-28)44(55)41(63-48)26-60-25-32-21-50-38-16-7-6-14-35(32)38/h4-9,12-21,29,41,44,46,48,50,52-53,55-56,58H,2-3,10-11,22-27H2,1H3. The van der Waals surface area contributed by atoms with Gasteiger partial charge in [-0.05, 0) is 77.2 Å². The second-order valence-electron chi connectivity index (χ2n) is 16.7. The number of aromatic nitrogens is 1. The van der Waals surface area contributed by atoms with Gasteiger partial charge in [-0.15, -0.1) is 0 Å². The zero-order valence-electron chi connectivity index (χ0n) is 34.7. The summed E-state index contributed by atoms with van der Waals surface area (Å²) in [6.45, 7) is -1.25. The van der Waals surface area contributed by atoms with Crippen molar-refractivity contribution in [3.05, 3.63) is 131 Å². The lowest BCUT2D eigenvalue weighted by molar-refractivity contribution is -0.337. The number of fused-ring (bicyclic) bond motifs is 3. The number of hydrogen-bond donors (Lipinski definition) is 6. The third-order valence-electron chi connectivity index (χ3n) is 12.7. The van der Waals surface area contributed by atoms with E-state index in [9.17, 15) is 35.1 Å². The molecule has 5 unspecified atom stereocenters. The van der Waals surface area contributed by atoms with Crippen LogP contribution in [-0.2, 0) is 34.0 Å². The fraction of sp³-hybridized carbons (Fsp3) is 0.347. The summed E-state index contributed by atoms with van der Waals surface area (Å²) in [4.78, 5) is 32.6. The molecule has 1 aliphatic carbocycles. The first-order valence-electron chi connectivity index (χ1n) is 21.2. The minimum absolute atomic E-state index is 0.0124. The number of Topliss-reactive ketones (excluding diaryl/α,β-unsaturated/α-hetero) is 1. The maximum absolute atomic E-state index is 14.5. The first-order valence-corrected chi connectivity index (χ1v) is 21.2. The number of nitrogens with one attached hydrogen (secondary N) is 1. The topological polar surface area (TPSA) is 200 Å². The van der Waals surface area contributed by atoms with Gasteiger partial charge in [-0.3, -0.25) is 9.59 Å². The largest absolute Gasteiger partial charge is 0.508 e. The maximum atomic E-state index is 14.5. The van der Waals surface area contributed by atoms with Crippen molar-refractivity contribution in [2.24, 2.45) is 0 Å². The third-order valence-corrected chi connectivity index (χ3v) is 12.7. The van der Waals surface area contributed by atoms with Crippen molar-refractivity contribution in [2.45, 2.75) is 81.6 Å². The molecule has 14 heteroatoms. The number of aliphatic hydroxyl groups excluding tert-OH is 2. The van der Waals surface area contributed by atoms with E-state index in [-0.39, 0.29) is 72.9 Å². The minimum Gasteiger partial charge on any atom is -0.508 e. The van der Waals surface area contributed by atoms with E-state index in [0.717, 1.165) is 47.7 Å². The van der Waals surface area contributed by atoms with Crippen LogP contribution in [0.1, 0.15) is 74.6 Å². The maximum Gasteiger partial charge on any atom is 0.254 e. The van der Waals surface area contributed by atoms with Gasteiger partial charge in [-0.25, -0.2) is 0 Å². The number of H-pyrrole nitrogens is 1. The zero-order chi connectivity index (χ0) is 43.8. The molecule has 14 nitrogen and oxygen atoms in total. The minimum atomic E-state index is -2.43. The van der Waals surface area contributed by atoms with Crippen molar-refractivity contribution in [3.8, 4) is 23.0 Å². The highest BCUT2D eigenvalue weighted by Gasteiger charge is 2.58. The number of rotatable bonds is 15. The average molecular weight is 859 g/mol. The van der Waals surface area contributed by atoms with Crippen molar-refractivity contribution >= 4 is 33.4 Å². The lowest BCUT2D eigenvalue weighted by Gasteiger charge is -2.48. The highest BCUT2D eigenvalue weighted by atomic mass is 16.7. The molecular formula is C49H50N2O12. The molecule has 6 aromatic rings. The summed E-state index contributed by atoms with van der Waals surface area (Å²) in [5.41, 5.74) is 1.97. The number of carbonyl (C=O) groups is 2. The van der Waals surface area contributed by atoms with Crippen LogP contribution in [0.4, 0.5) is 0 Å². The molecule has 5 aromatic carbocycles. The number of ether oxygens (including phenoxy) is 5. The number of aromatic amines is 1. The fourth-order valence-electron chi connectivity index (χ4n) is 9.38. The Kier molecular flexibility index (Phi) is 11.8. The Bertz CT molecular complexity index is 2660. The van der Waals surface area contributed by atoms with Crippen molar-refractivity contribution < 1.29 is 58.8 Å². The average Bonchev–Trinajstić information content (AvgIpc) is 4.05. The Balaban J connectivity index is 1.08. The van der Waals surface area contributed by atoms with Crippen LogP contribution in [0.5, 0.6) is 23.0 Å². The Labute approximate surface area is 363 Å². The molecule has 1 saturated carbocycles. The van der Waals surface area contributed by atoms with E-state index in [0.29, 0.717) is 27.8 Å². The molecule has 3 heterocycles. The number of phenolic OH excluding ortho intramolecular Hbond substituents is 2. The molecule has 3 aliphatic rings. The predicted molar refractivity (Wildman–Crippen MR) is 231 cm³/mol. The number of carbonyl (C=O) groups excluding carboxylic acids is 2. The summed E-state index contributed by atoms with van der Waals surface area (Å²) in [5.74, 6) is -0.864. The lowest BCUT2D eigenvalue weighted by Crippen LogP contribution is -2.70. The number of aliphatic hydroxyl groups is 3. The molecule has 2 aliphatic heterocycles. The number of amides is 1. The van der Waals surface area contributed by atoms with E-state index in [1.54, 1.807) is 30.3 Å². The van der Waals surface area contributed by atoms with E-state index >= 15 is 0 Å². The number of hydrogen-bond acceptors (Lipinski definition) is 12. The normalized spacial score (nSPS) is 22.5. The first kappa shape index (κ1) is 42.3. The van der Waals surface area contributed by atoms with Gasteiger partial charge in [-0.1, -0.05) is 61.4 Å². The van der Waals surface area contributed by atoms with Crippen LogP contribution >= 0.6 is 0 Å². The van der Waals surface area contributed by atoms with Gasteiger partial charge in [0.15, 0.2) is 11.4 Å². The van der Waals surface area contributed by atoms with Gasteiger partial charge < -0.3 is 59.1 Å². The highest BCUT2D eigenvalue weighted by Crippen LogP contribution is 2.47. The van der Waals surface area contributed by atoms with Crippen LogP contribution in [0.15, 0.2) is 97.2 Å². The molecule has 0 spiro atoms. The smallest absolute Gasteiger partial charge is 0.254 e. The summed E-state index contributed by atoms with van der Waals surface area (Å²) in [5, 5.41) is 59.2. The van der Waals surface area contributed by atoms with Gasteiger partial charge in [-0.2, -0.15) is 0 Å². The highest BCUT2D eigenvalue weighted by molar-refractivity contribution is 6.11. The van der Waals surface area contributed by atoms with E-state index in [1.165, 1.54) is 30.2 Å². The zero-order valence-corrected chi connectivity index (χ0v) is 34.7. The predicted octanol–water partition coefficient (Wildman–Crippen LogP) is 6.23. The quantitative estimate of drug-likeness (QED) is 0.0638. The molecule has 0 bridgehead atoms. The monoisotopic (exact) mass is 858 g/mol. The van der Waals surface area contributed by atoms with Gasteiger partial charge in [0.05, 0.1) is 51.0 Å². The van der Waals surface area contributed by atoms with E-state index in [4.69, 9.17) is 23.7 Å². The number of phenols is 2. The fourth-order valence-corrected chi connectivity index (χ4v) is 9.38. The SMILES string of the molecule is COc1cc(OC2OC(COCc3c[nH]c4ccccc34)C(O)C(OCc3cccc(O)c3)C2(O)CO)c2c(O)c(C(=O)CN3Cc4ccccc4C3=O)c(C3CCCC3)cc2c1. The summed E-state index contributed by atoms with van der Waals surface area (Å²) >= 11 is 0. The van der Waals surface area contributed by atoms with Gasteiger partial charge in [0.25, 0.3) is 5.91 Å². The number of benzene rings is 5. The van der Waals surface area contributed by atoms with Crippen molar-refractivity contribution in [1.29, 1.82) is 0 Å². The molecular weight excluding hydrogens is 809 g/mol. The van der Waals surface area contributed by atoms with Crippen LogP contribution in [0.2, 0.25) is 0 Å². The van der Waals surface area contributed by atoms with Crippen LogP contribution in [0.25, 0.3) is 21.7 Å². The van der Waals surface area contributed by atoms with Crippen molar-refractivity contribution in [2.75, 3.05) is 26.9 Å². The van der Waals surface area contributed by atoms with Crippen LogP contribution < -0.4 is 9.47 Å². The van der Waals surface area contributed by atoms with Gasteiger partial charge >= 0.3 is 0 Å². The summed E-state index contributed by atoms with van der Waals surface area (Å²) in [6, 6.07) is 26.3. The molecule has 2 fully saturated rings. The van der Waals surface area contributed by atoms with Crippen LogP contribution in [0, 0.1) is 0 Å². The number of aromatic hydroxyl groups is 2. The second kappa shape index (κ2) is 17.6. The van der Waals surface area contributed by atoms with Crippen molar-refractivity contribution in [1.82, 2.24) is 9.88 Å². The van der Waals surface area contributed by atoms with Crippen LogP contribution in [0.3, 0.4) is 0 Å². The Morgan fingerprint density at radius 1 is 0.968 bits per heavy atom. The second-order valence-corrected chi connectivity index (χ2v) is 16.7. The van der Waals surface area contributed by atoms with Crippen LogP contribution in [-0.4, -0.2) is 104 Å². The number of para-hydroxylation sites is 1. The number of nitrogens with zero attached hydrogens (tertiary/aromatic N) is 1. The lowest BCUT2D eigenvalue weighted by atomic mass is 9.86. The van der Waals surface area contributed by atoms with E-state index in [1.807, 2.05) is 48.7 Å². The number of ketones is 1. The third kappa shape index (κ3) is 8.10. The summed E-state index contributed by atoms with van der Waals surface area (Å²) in [6.07, 6.45) is -0.681. The molecule has 63 heavy (non-hydrogen) atoms. The molecule has 1 amide bonds. The van der Waals surface area contributed by atoms with Gasteiger partial charge in [0.2, 0.25) is 6.29 Å². The molecule has 0 radical (unpaired) electrons. The van der Waals surface area contributed by atoms with Crippen molar-refractivity contribution in [3.63, 3.8) is 0 Å². The molecule has 1 aromatic heterocycles. The summed E-state index contributed by atoms with van der Waals surface area (Å²) < 4.78 is 30.9. The summed E-state index contributed by atoms with van der Waals surface area (Å²) in [7, 11) is 1.47. The Morgan fingerprint density at radius 3 is 2.54 bits per heavy atom.